The van der Waals surface area contributed by atoms with Gasteiger partial charge in [-0.25, -0.2) is 0 Å². The summed E-state index contributed by atoms with van der Waals surface area (Å²) < 4.78 is 63.5. The first kappa shape index (κ1) is 14.9. The van der Waals surface area contributed by atoms with Gasteiger partial charge in [-0.2, -0.15) is 16.8 Å². The molecule has 0 saturated heterocycles. The standard InChI is InChI=1S/C10H11NO7S2/c11-8-3-1-2-6-4-7(19(13,14)15)5-10(12,9(6)8)20(16,17)18/h1-4,12H,5,11H2,(H,13,14,15)(H,16,17,18). The van der Waals surface area contributed by atoms with Gasteiger partial charge in [0.15, 0.2) is 0 Å². The average Bonchev–Trinajstić information content (AvgIpc) is 2.25. The van der Waals surface area contributed by atoms with E-state index in [0.29, 0.717) is 0 Å². The zero-order valence-electron chi connectivity index (χ0n) is 9.88. The summed E-state index contributed by atoms with van der Waals surface area (Å²) in [6, 6.07) is 4.00. The van der Waals surface area contributed by atoms with E-state index in [1.165, 1.54) is 18.2 Å². The molecular formula is C10H11NO7S2. The van der Waals surface area contributed by atoms with Crippen LogP contribution >= 0.6 is 0 Å². The van der Waals surface area contributed by atoms with Crippen molar-refractivity contribution in [2.45, 2.75) is 11.4 Å². The molecule has 2 rings (SSSR count). The fraction of sp³-hybridized carbons (Fsp3) is 0.200. The zero-order chi connectivity index (χ0) is 15.3. The van der Waals surface area contributed by atoms with Crippen molar-refractivity contribution in [1.82, 2.24) is 0 Å². The maximum atomic E-state index is 11.4. The van der Waals surface area contributed by atoms with E-state index in [9.17, 15) is 26.5 Å². The normalized spacial score (nSPS) is 23.1. The Hall–Kier alpha value is -1.46. The summed E-state index contributed by atoms with van der Waals surface area (Å²) in [5.41, 5.74) is 5.11. The maximum Gasteiger partial charge on any atom is 0.299 e. The molecule has 0 radical (unpaired) electrons. The minimum absolute atomic E-state index is 0.0241. The number of nitrogens with two attached hydrogens (primary N) is 1. The minimum atomic E-state index is -5.10. The van der Waals surface area contributed by atoms with Crippen LogP contribution in [0.1, 0.15) is 17.5 Å². The Labute approximate surface area is 115 Å². The van der Waals surface area contributed by atoms with Crippen LogP contribution in [0.5, 0.6) is 0 Å². The molecule has 1 aliphatic carbocycles. The second-order valence-corrected chi connectivity index (χ2v) is 7.43. The number of fused-ring (bicyclic) bond motifs is 1. The van der Waals surface area contributed by atoms with E-state index in [-0.39, 0.29) is 16.8 Å². The van der Waals surface area contributed by atoms with Crippen LogP contribution < -0.4 is 5.73 Å². The Bertz CT molecular complexity index is 810. The number of nitrogen functional groups attached to an aromatic ring is 1. The van der Waals surface area contributed by atoms with Gasteiger partial charge in [0.1, 0.15) is 0 Å². The molecule has 0 aromatic heterocycles. The van der Waals surface area contributed by atoms with Crippen LogP contribution in [-0.4, -0.2) is 31.0 Å². The predicted molar refractivity (Wildman–Crippen MR) is 70.4 cm³/mol. The third-order valence-electron chi connectivity index (χ3n) is 3.01. The molecule has 5 N–H and O–H groups in total. The lowest BCUT2D eigenvalue weighted by Crippen LogP contribution is -2.39. The molecular weight excluding hydrogens is 310 g/mol. The van der Waals surface area contributed by atoms with Crippen molar-refractivity contribution in [3.8, 4) is 0 Å². The average molecular weight is 321 g/mol. The van der Waals surface area contributed by atoms with Gasteiger partial charge >= 0.3 is 0 Å². The van der Waals surface area contributed by atoms with E-state index in [1.54, 1.807) is 0 Å². The Kier molecular flexibility index (Phi) is 3.19. The molecule has 1 aromatic carbocycles. The molecule has 0 bridgehead atoms. The molecule has 1 aliphatic rings. The second-order valence-electron chi connectivity index (χ2n) is 4.33. The Morgan fingerprint density at radius 1 is 1.15 bits per heavy atom. The lowest BCUT2D eigenvalue weighted by molar-refractivity contribution is 0.113. The van der Waals surface area contributed by atoms with Crippen LogP contribution in [0.4, 0.5) is 5.69 Å². The minimum Gasteiger partial charge on any atom is -0.398 e. The monoisotopic (exact) mass is 321 g/mol. The van der Waals surface area contributed by atoms with Crippen LogP contribution in [0.2, 0.25) is 0 Å². The van der Waals surface area contributed by atoms with Crippen LogP contribution in [0.15, 0.2) is 23.1 Å². The van der Waals surface area contributed by atoms with Crippen molar-refractivity contribution >= 4 is 32.0 Å². The van der Waals surface area contributed by atoms with E-state index < -0.39 is 36.5 Å². The van der Waals surface area contributed by atoms with Crippen LogP contribution in [0.25, 0.3) is 6.08 Å². The summed E-state index contributed by atoms with van der Waals surface area (Å²) in [6.45, 7) is 0. The summed E-state index contributed by atoms with van der Waals surface area (Å²) in [5.74, 6) is 0. The first-order valence-corrected chi connectivity index (χ1v) is 8.11. The van der Waals surface area contributed by atoms with E-state index in [2.05, 4.69) is 0 Å². The Morgan fingerprint density at radius 2 is 1.75 bits per heavy atom. The Morgan fingerprint density at radius 3 is 2.25 bits per heavy atom. The van der Waals surface area contributed by atoms with Gasteiger partial charge < -0.3 is 10.8 Å². The molecule has 1 aromatic rings. The van der Waals surface area contributed by atoms with E-state index in [4.69, 9.17) is 10.3 Å². The van der Waals surface area contributed by atoms with Gasteiger partial charge in [-0.3, -0.25) is 9.11 Å². The smallest absolute Gasteiger partial charge is 0.299 e. The summed E-state index contributed by atoms with van der Waals surface area (Å²) >= 11 is 0. The summed E-state index contributed by atoms with van der Waals surface area (Å²) in [6.07, 6.45) is -0.0491. The SMILES string of the molecule is Nc1cccc2c1C(O)(S(=O)(=O)O)CC(S(=O)(=O)O)=C2. The molecule has 0 amide bonds. The lowest BCUT2D eigenvalue weighted by atomic mass is 9.92. The molecule has 20 heavy (non-hydrogen) atoms. The summed E-state index contributed by atoms with van der Waals surface area (Å²) in [5, 5.41) is 10.2. The van der Waals surface area contributed by atoms with Gasteiger partial charge in [0.05, 0.1) is 4.91 Å². The summed E-state index contributed by atoms with van der Waals surface area (Å²) in [7, 11) is -9.82. The van der Waals surface area contributed by atoms with E-state index in [0.717, 1.165) is 6.08 Å². The third-order valence-corrected chi connectivity index (χ3v) is 5.13. The number of hydrogen-bond donors (Lipinski definition) is 4. The van der Waals surface area contributed by atoms with Crippen LogP contribution in [0, 0.1) is 0 Å². The molecule has 1 unspecified atom stereocenters. The lowest BCUT2D eigenvalue weighted by Gasteiger charge is -2.31. The summed E-state index contributed by atoms with van der Waals surface area (Å²) in [4.78, 5) is -3.68. The quantitative estimate of drug-likeness (QED) is 0.436. The zero-order valence-corrected chi connectivity index (χ0v) is 11.5. The van der Waals surface area contributed by atoms with Crippen molar-refractivity contribution in [3.05, 3.63) is 34.2 Å². The van der Waals surface area contributed by atoms with Gasteiger partial charge in [-0.15, -0.1) is 0 Å². The highest BCUT2D eigenvalue weighted by molar-refractivity contribution is 7.90. The molecule has 0 spiro atoms. The van der Waals surface area contributed by atoms with E-state index >= 15 is 0 Å². The van der Waals surface area contributed by atoms with Crippen molar-refractivity contribution in [1.29, 1.82) is 0 Å². The van der Waals surface area contributed by atoms with Crippen molar-refractivity contribution in [2.24, 2.45) is 0 Å². The van der Waals surface area contributed by atoms with Crippen molar-refractivity contribution < 1.29 is 31.0 Å². The predicted octanol–water partition coefficient (Wildman–Crippen LogP) is -0.0659. The number of anilines is 1. The number of hydrogen-bond acceptors (Lipinski definition) is 6. The van der Waals surface area contributed by atoms with Crippen molar-refractivity contribution in [3.63, 3.8) is 0 Å². The maximum absolute atomic E-state index is 11.4. The highest BCUT2D eigenvalue weighted by Gasteiger charge is 2.49. The molecule has 10 heteroatoms. The van der Waals surface area contributed by atoms with Gasteiger partial charge in [-0.05, 0) is 17.7 Å². The van der Waals surface area contributed by atoms with Gasteiger partial charge in [0.2, 0.25) is 4.93 Å². The van der Waals surface area contributed by atoms with Crippen LogP contribution in [-0.2, 0) is 25.2 Å². The number of aliphatic hydroxyl groups is 1. The van der Waals surface area contributed by atoms with E-state index in [1.807, 2.05) is 0 Å². The number of benzene rings is 1. The molecule has 0 heterocycles. The van der Waals surface area contributed by atoms with Crippen molar-refractivity contribution in [2.75, 3.05) is 5.73 Å². The second kappa shape index (κ2) is 4.27. The number of rotatable bonds is 2. The molecule has 1 atom stereocenters. The Balaban J connectivity index is 2.88. The fourth-order valence-corrected chi connectivity index (χ4v) is 3.69. The van der Waals surface area contributed by atoms with Gasteiger partial charge in [-0.1, -0.05) is 12.1 Å². The highest BCUT2D eigenvalue weighted by Crippen LogP contribution is 2.44. The molecule has 8 nitrogen and oxygen atoms in total. The van der Waals surface area contributed by atoms with Gasteiger partial charge in [0.25, 0.3) is 20.2 Å². The largest absolute Gasteiger partial charge is 0.398 e. The van der Waals surface area contributed by atoms with Crippen LogP contribution in [0.3, 0.4) is 0 Å². The van der Waals surface area contributed by atoms with Gasteiger partial charge in [0, 0.05) is 17.7 Å². The fourth-order valence-electron chi connectivity index (χ4n) is 2.10. The topological polar surface area (TPSA) is 155 Å². The third kappa shape index (κ3) is 2.21. The molecule has 0 saturated carbocycles. The molecule has 0 fully saturated rings. The first-order chi connectivity index (χ1) is 8.97. The molecule has 0 aliphatic heterocycles. The highest BCUT2D eigenvalue weighted by atomic mass is 32.2. The molecule has 110 valence electrons. The first-order valence-electron chi connectivity index (χ1n) is 5.23.